The number of nitrogens with one attached hydrogen (secondary N) is 1. The average Bonchev–Trinajstić information content (AvgIpc) is 3.53. The molecule has 0 radical (unpaired) electrons. The molecule has 140 valence electrons. The molecule has 27 heavy (non-hydrogen) atoms. The van der Waals surface area contributed by atoms with Gasteiger partial charge in [0, 0.05) is 30.3 Å². The zero-order valence-corrected chi connectivity index (χ0v) is 15.6. The van der Waals surface area contributed by atoms with E-state index in [0.29, 0.717) is 23.1 Å². The molecular formula is C23H26N2O2. The van der Waals surface area contributed by atoms with E-state index >= 15 is 0 Å². The fourth-order valence-corrected chi connectivity index (χ4v) is 3.76. The third kappa shape index (κ3) is 4.57. The molecule has 4 nitrogen and oxygen atoms in total. The van der Waals surface area contributed by atoms with Crippen molar-refractivity contribution in [1.82, 2.24) is 10.2 Å². The second kappa shape index (κ2) is 7.95. The van der Waals surface area contributed by atoms with Gasteiger partial charge < -0.3 is 10.2 Å². The van der Waals surface area contributed by atoms with Gasteiger partial charge in [-0.2, -0.15) is 0 Å². The van der Waals surface area contributed by atoms with Crippen LogP contribution in [0.2, 0.25) is 0 Å². The quantitative estimate of drug-likeness (QED) is 0.882. The fourth-order valence-electron chi connectivity index (χ4n) is 3.76. The molecule has 1 aliphatic carbocycles. The molecule has 2 aliphatic rings. The van der Waals surface area contributed by atoms with Crippen LogP contribution in [0.3, 0.4) is 0 Å². The average molecular weight is 362 g/mol. The molecule has 2 aromatic carbocycles. The molecule has 0 bridgehead atoms. The van der Waals surface area contributed by atoms with E-state index in [1.165, 1.54) is 5.56 Å². The molecule has 2 amide bonds. The number of rotatable bonds is 5. The van der Waals surface area contributed by atoms with Crippen LogP contribution in [0.5, 0.6) is 0 Å². The van der Waals surface area contributed by atoms with Crippen molar-refractivity contribution in [1.29, 1.82) is 0 Å². The van der Waals surface area contributed by atoms with Crippen LogP contribution in [0.4, 0.5) is 0 Å². The van der Waals surface area contributed by atoms with Crippen molar-refractivity contribution >= 4 is 11.8 Å². The smallest absolute Gasteiger partial charge is 0.253 e. The zero-order valence-electron chi connectivity index (χ0n) is 15.6. The van der Waals surface area contributed by atoms with E-state index in [9.17, 15) is 9.59 Å². The van der Waals surface area contributed by atoms with E-state index in [1.54, 1.807) is 18.2 Å². The van der Waals surface area contributed by atoms with Gasteiger partial charge >= 0.3 is 0 Å². The normalized spacial score (nSPS) is 17.6. The zero-order chi connectivity index (χ0) is 18.6. The number of nitrogens with zero attached hydrogens (tertiary/aromatic N) is 1. The Morgan fingerprint density at radius 1 is 0.889 bits per heavy atom. The number of carbonyl (C=O) groups excluding carboxylic acids is 2. The first-order valence-corrected chi connectivity index (χ1v) is 9.93. The Kier molecular flexibility index (Phi) is 5.23. The molecule has 0 atom stereocenters. The van der Waals surface area contributed by atoms with Crippen molar-refractivity contribution in [2.45, 2.75) is 38.1 Å². The summed E-state index contributed by atoms with van der Waals surface area (Å²) < 4.78 is 0. The third-order valence-electron chi connectivity index (χ3n) is 5.55. The molecule has 1 aliphatic heterocycles. The predicted octanol–water partition coefficient (Wildman–Crippen LogP) is 3.67. The molecule has 0 spiro atoms. The lowest BCUT2D eigenvalue weighted by Crippen LogP contribution is -2.39. The maximum absolute atomic E-state index is 12.9. The first kappa shape index (κ1) is 17.8. The van der Waals surface area contributed by atoms with Gasteiger partial charge in [0.2, 0.25) is 0 Å². The minimum atomic E-state index is -0.0753. The summed E-state index contributed by atoms with van der Waals surface area (Å²) in [5.41, 5.74) is 2.56. The highest BCUT2D eigenvalue weighted by molar-refractivity contribution is 5.99. The van der Waals surface area contributed by atoms with Crippen LogP contribution in [-0.4, -0.2) is 35.8 Å². The Morgan fingerprint density at radius 3 is 2.30 bits per heavy atom. The van der Waals surface area contributed by atoms with Gasteiger partial charge in [-0.25, -0.2) is 0 Å². The van der Waals surface area contributed by atoms with Crippen LogP contribution < -0.4 is 5.32 Å². The molecule has 0 aromatic heterocycles. The molecule has 4 heteroatoms. The van der Waals surface area contributed by atoms with Crippen molar-refractivity contribution in [3.8, 4) is 0 Å². The van der Waals surface area contributed by atoms with Crippen LogP contribution in [-0.2, 0) is 6.42 Å². The number of hydrogen-bond donors (Lipinski definition) is 1. The van der Waals surface area contributed by atoms with Crippen molar-refractivity contribution < 1.29 is 9.59 Å². The highest BCUT2D eigenvalue weighted by Gasteiger charge is 2.26. The molecule has 1 saturated carbocycles. The molecule has 4 rings (SSSR count). The summed E-state index contributed by atoms with van der Waals surface area (Å²) in [5, 5.41) is 2.98. The maximum atomic E-state index is 12.9. The lowest BCUT2D eigenvalue weighted by molar-refractivity contribution is 0.0690. The van der Waals surface area contributed by atoms with Crippen molar-refractivity contribution in [3.05, 3.63) is 71.3 Å². The van der Waals surface area contributed by atoms with Gasteiger partial charge in [0.1, 0.15) is 0 Å². The summed E-state index contributed by atoms with van der Waals surface area (Å²) >= 11 is 0. The van der Waals surface area contributed by atoms with E-state index in [2.05, 4.69) is 29.6 Å². The van der Waals surface area contributed by atoms with Crippen molar-refractivity contribution in [3.63, 3.8) is 0 Å². The number of hydrogen-bond acceptors (Lipinski definition) is 2. The second-order valence-corrected chi connectivity index (χ2v) is 7.75. The standard InChI is InChI=1S/C23H26N2O2/c26-22(24-21-9-10-21)19-7-4-8-20(16-19)23(27)25-13-11-18(12-14-25)15-17-5-2-1-3-6-17/h1-8,16,18,21H,9-15H2,(H,24,26). The van der Waals surface area contributed by atoms with Crippen LogP contribution >= 0.6 is 0 Å². The topological polar surface area (TPSA) is 49.4 Å². The van der Waals surface area contributed by atoms with Gasteiger partial charge in [0.25, 0.3) is 11.8 Å². The monoisotopic (exact) mass is 362 g/mol. The van der Waals surface area contributed by atoms with E-state index in [4.69, 9.17) is 0 Å². The SMILES string of the molecule is O=C(NC1CC1)c1cccc(C(=O)N2CCC(Cc3ccccc3)CC2)c1. The number of carbonyl (C=O) groups is 2. The van der Waals surface area contributed by atoms with Crippen LogP contribution in [0.25, 0.3) is 0 Å². The summed E-state index contributed by atoms with van der Waals surface area (Å²) in [6.45, 7) is 1.57. The Labute approximate surface area is 160 Å². The number of piperidine rings is 1. The number of benzene rings is 2. The third-order valence-corrected chi connectivity index (χ3v) is 5.55. The first-order valence-electron chi connectivity index (χ1n) is 9.93. The lowest BCUT2D eigenvalue weighted by Gasteiger charge is -2.32. The van der Waals surface area contributed by atoms with Gasteiger partial charge in [0.05, 0.1) is 0 Å². The molecule has 2 fully saturated rings. The van der Waals surface area contributed by atoms with Gasteiger partial charge in [-0.3, -0.25) is 9.59 Å². The number of likely N-dealkylation sites (tertiary alicyclic amines) is 1. The summed E-state index contributed by atoms with van der Waals surface area (Å²) in [4.78, 5) is 27.0. The molecule has 2 aromatic rings. The van der Waals surface area contributed by atoms with E-state index in [1.807, 2.05) is 17.0 Å². The summed E-state index contributed by atoms with van der Waals surface area (Å²) in [6.07, 6.45) is 5.26. The highest BCUT2D eigenvalue weighted by atomic mass is 16.2. The van der Waals surface area contributed by atoms with Crippen molar-refractivity contribution in [2.75, 3.05) is 13.1 Å². The first-order chi connectivity index (χ1) is 13.2. The van der Waals surface area contributed by atoms with E-state index in [0.717, 1.165) is 45.2 Å². The molecule has 1 N–H and O–H groups in total. The number of amides is 2. The summed E-state index contributed by atoms with van der Waals surface area (Å²) in [7, 11) is 0. The predicted molar refractivity (Wildman–Crippen MR) is 106 cm³/mol. The molecule has 0 unspecified atom stereocenters. The minimum absolute atomic E-state index is 0.0363. The fraction of sp³-hybridized carbons (Fsp3) is 0.391. The molecular weight excluding hydrogens is 336 g/mol. The molecule has 1 heterocycles. The summed E-state index contributed by atoms with van der Waals surface area (Å²) in [5.74, 6) is 0.593. The molecule has 1 saturated heterocycles. The van der Waals surface area contributed by atoms with Crippen LogP contribution in [0.15, 0.2) is 54.6 Å². The summed E-state index contributed by atoms with van der Waals surface area (Å²) in [6, 6.07) is 18.0. The van der Waals surface area contributed by atoms with E-state index in [-0.39, 0.29) is 11.8 Å². The Bertz CT molecular complexity index is 806. The van der Waals surface area contributed by atoms with Gasteiger partial charge in [0.15, 0.2) is 0 Å². The Morgan fingerprint density at radius 2 is 1.59 bits per heavy atom. The van der Waals surface area contributed by atoms with Gasteiger partial charge in [-0.1, -0.05) is 36.4 Å². The lowest BCUT2D eigenvalue weighted by atomic mass is 9.90. The maximum Gasteiger partial charge on any atom is 0.253 e. The largest absolute Gasteiger partial charge is 0.349 e. The Hall–Kier alpha value is -2.62. The van der Waals surface area contributed by atoms with Crippen LogP contribution in [0, 0.1) is 5.92 Å². The highest BCUT2D eigenvalue weighted by Crippen LogP contribution is 2.23. The van der Waals surface area contributed by atoms with Gasteiger partial charge in [-0.15, -0.1) is 0 Å². The van der Waals surface area contributed by atoms with Gasteiger partial charge in [-0.05, 0) is 61.8 Å². The van der Waals surface area contributed by atoms with Crippen LogP contribution in [0.1, 0.15) is 52.0 Å². The Balaban J connectivity index is 1.34. The van der Waals surface area contributed by atoms with E-state index < -0.39 is 0 Å². The van der Waals surface area contributed by atoms with Crippen molar-refractivity contribution in [2.24, 2.45) is 5.92 Å². The second-order valence-electron chi connectivity index (χ2n) is 7.75. The minimum Gasteiger partial charge on any atom is -0.349 e.